The predicted molar refractivity (Wildman–Crippen MR) is 203 cm³/mol. The van der Waals surface area contributed by atoms with Crippen LogP contribution in [0.4, 0.5) is 0 Å². The molecule has 4 N–H and O–H groups in total. The van der Waals surface area contributed by atoms with Crippen molar-refractivity contribution in [3.05, 3.63) is 12.2 Å². The first-order chi connectivity index (χ1) is 25.2. The van der Waals surface area contributed by atoms with Gasteiger partial charge in [0, 0.05) is 30.1 Å². The van der Waals surface area contributed by atoms with Crippen molar-refractivity contribution in [1.82, 2.24) is 0 Å². The Morgan fingerprint density at radius 2 is 1.48 bits per heavy atom. The van der Waals surface area contributed by atoms with E-state index >= 15 is 0 Å². The molecule has 11 nitrogen and oxygen atoms in total. The van der Waals surface area contributed by atoms with Crippen molar-refractivity contribution in [3.63, 3.8) is 0 Å². The highest BCUT2D eigenvalue weighted by atomic mass is 16.8. The molecule has 0 aromatic heterocycles. The van der Waals surface area contributed by atoms with Crippen LogP contribution in [0.1, 0.15) is 134 Å². The van der Waals surface area contributed by atoms with Crippen molar-refractivity contribution in [1.29, 1.82) is 0 Å². The molecule has 19 atom stereocenters. The highest BCUT2D eigenvalue weighted by Gasteiger charge is 2.63. The maximum Gasteiger partial charge on any atom is 0.309 e. The molecule has 5 rings (SSSR count). The van der Waals surface area contributed by atoms with E-state index in [1.807, 2.05) is 48.5 Å². The average Bonchev–Trinajstić information content (AvgIpc) is 3.47. The average molecular weight is 765 g/mol. The zero-order chi connectivity index (χ0) is 40.1. The molecule has 0 saturated carbocycles. The summed E-state index contributed by atoms with van der Waals surface area (Å²) >= 11 is 0. The van der Waals surface area contributed by atoms with Gasteiger partial charge < -0.3 is 44.1 Å². The Balaban J connectivity index is 1.32. The first-order valence-corrected chi connectivity index (χ1v) is 21.1. The Hall–Kier alpha value is -1.44. The van der Waals surface area contributed by atoms with E-state index in [2.05, 4.69) is 20.8 Å². The minimum atomic E-state index is -1.37. The molecule has 5 heterocycles. The summed E-state index contributed by atoms with van der Waals surface area (Å²) in [6, 6.07) is 0. The molecule has 0 unspecified atom stereocenters. The van der Waals surface area contributed by atoms with Crippen molar-refractivity contribution >= 4 is 11.8 Å². The summed E-state index contributed by atoms with van der Waals surface area (Å²) in [7, 11) is 0. The number of hydrogen-bond donors (Lipinski definition) is 4. The van der Waals surface area contributed by atoms with Crippen LogP contribution in [0, 0.1) is 47.3 Å². The molecular weight excluding hydrogens is 692 g/mol. The molecule has 310 valence electrons. The molecule has 0 bridgehead atoms. The Morgan fingerprint density at radius 3 is 2.07 bits per heavy atom. The smallest absolute Gasteiger partial charge is 0.309 e. The van der Waals surface area contributed by atoms with E-state index in [0.29, 0.717) is 51.4 Å². The largest absolute Gasteiger partial charge is 0.481 e. The van der Waals surface area contributed by atoms with Gasteiger partial charge in [0.25, 0.3) is 0 Å². The monoisotopic (exact) mass is 765 g/mol. The number of carboxylic acid groups (broad SMARTS) is 1. The number of rotatable bonds is 12. The molecule has 11 heteroatoms. The van der Waals surface area contributed by atoms with E-state index in [1.54, 1.807) is 19.1 Å². The van der Waals surface area contributed by atoms with Crippen LogP contribution in [0.25, 0.3) is 0 Å². The lowest BCUT2D eigenvalue weighted by molar-refractivity contribution is -0.409. The van der Waals surface area contributed by atoms with Crippen LogP contribution in [-0.2, 0) is 33.3 Å². The number of carboxylic acids is 1. The highest BCUT2D eigenvalue weighted by Crippen LogP contribution is 2.54. The molecule has 0 radical (unpaired) electrons. The molecule has 54 heavy (non-hydrogen) atoms. The normalized spacial score (nSPS) is 46.9. The molecule has 5 aliphatic rings. The first kappa shape index (κ1) is 43.7. The van der Waals surface area contributed by atoms with E-state index in [4.69, 9.17) is 23.7 Å². The number of ether oxygens (including phenoxy) is 5. The third-order valence-electron chi connectivity index (χ3n) is 14.8. The third-order valence-corrected chi connectivity index (χ3v) is 14.8. The maximum atomic E-state index is 14.5. The summed E-state index contributed by atoms with van der Waals surface area (Å²) in [5, 5.41) is 44.2. The minimum Gasteiger partial charge on any atom is -0.481 e. The maximum absolute atomic E-state index is 14.5. The van der Waals surface area contributed by atoms with Crippen LogP contribution in [0.2, 0.25) is 0 Å². The van der Waals surface area contributed by atoms with Crippen LogP contribution in [-0.4, -0.2) is 97.7 Å². The van der Waals surface area contributed by atoms with Gasteiger partial charge in [-0.3, -0.25) is 9.59 Å². The molecule has 5 aliphatic heterocycles. The second-order valence-electron chi connectivity index (χ2n) is 18.5. The van der Waals surface area contributed by atoms with E-state index in [9.17, 15) is 30.0 Å². The summed E-state index contributed by atoms with van der Waals surface area (Å²) < 4.78 is 33.6. The summed E-state index contributed by atoms with van der Waals surface area (Å²) in [4.78, 5) is 26.6. The van der Waals surface area contributed by atoms with E-state index in [-0.39, 0.29) is 47.8 Å². The second-order valence-corrected chi connectivity index (χ2v) is 18.5. The van der Waals surface area contributed by atoms with Crippen LogP contribution in [0.15, 0.2) is 12.2 Å². The number of aliphatic carboxylic acids is 1. The second kappa shape index (κ2) is 16.4. The predicted octanol–water partition coefficient (Wildman–Crippen LogP) is 6.43. The van der Waals surface area contributed by atoms with E-state index in [1.165, 1.54) is 0 Å². The van der Waals surface area contributed by atoms with Crippen LogP contribution in [0.5, 0.6) is 0 Å². The van der Waals surface area contributed by atoms with Crippen molar-refractivity contribution < 1.29 is 53.7 Å². The van der Waals surface area contributed by atoms with E-state index < -0.39 is 76.8 Å². The molecule has 4 fully saturated rings. The molecular formula is C43H72O11. The summed E-state index contributed by atoms with van der Waals surface area (Å²) in [6.45, 7) is 21.7. The zero-order valence-corrected chi connectivity index (χ0v) is 34.8. The van der Waals surface area contributed by atoms with Gasteiger partial charge in [0.15, 0.2) is 5.79 Å². The lowest BCUT2D eigenvalue weighted by Gasteiger charge is -2.54. The number of aliphatic hydroxyl groups is 3. The zero-order valence-electron chi connectivity index (χ0n) is 34.8. The van der Waals surface area contributed by atoms with Gasteiger partial charge in [-0.25, -0.2) is 0 Å². The van der Waals surface area contributed by atoms with Crippen LogP contribution >= 0.6 is 0 Å². The number of aliphatic hydroxyl groups excluding tert-OH is 2. The Labute approximate surface area is 323 Å². The van der Waals surface area contributed by atoms with Crippen molar-refractivity contribution in [2.24, 2.45) is 47.3 Å². The van der Waals surface area contributed by atoms with Gasteiger partial charge in [-0.2, -0.15) is 0 Å². The van der Waals surface area contributed by atoms with Gasteiger partial charge >= 0.3 is 5.97 Å². The van der Waals surface area contributed by atoms with Crippen molar-refractivity contribution in [3.8, 4) is 0 Å². The molecule has 0 aromatic carbocycles. The Morgan fingerprint density at radius 1 is 0.852 bits per heavy atom. The first-order valence-electron chi connectivity index (χ1n) is 21.1. The Kier molecular flexibility index (Phi) is 13.3. The number of carbonyl (C=O) groups excluding carboxylic acids is 1. The SMILES string of the molecule is CC[C@H](C(=O)[C@H](C)[C@H](O)[C@@H](C)[C@H]1O[C@H]([C@H](CC)C(=O)O)[C@H](C)C[C@H]1C)[C@@H]1O[C@]2(C=C[C@H](O)[C@]3(CC[C@@](C)([C@H]4CC[C@](O)(CC)[C@H](C)O4)O3)O2)[C@@H](C)C[C@H]1C. The Bertz CT molecular complexity index is 1360. The fourth-order valence-electron chi connectivity index (χ4n) is 10.9. The van der Waals surface area contributed by atoms with Crippen molar-refractivity contribution in [2.75, 3.05) is 0 Å². The molecule has 0 aliphatic carbocycles. The summed E-state index contributed by atoms with van der Waals surface area (Å²) in [5.74, 6) is -5.80. The van der Waals surface area contributed by atoms with Crippen molar-refractivity contribution in [2.45, 2.75) is 199 Å². The van der Waals surface area contributed by atoms with Gasteiger partial charge in [-0.15, -0.1) is 0 Å². The number of carbonyl (C=O) groups is 2. The van der Waals surface area contributed by atoms with Crippen LogP contribution in [0.3, 0.4) is 0 Å². The molecule has 2 spiro atoms. The lowest BCUT2D eigenvalue weighted by Crippen LogP contribution is -2.63. The standard InChI is InChI=1S/C43H72O11/c1-12-30(35(46)27(8)34(45)28(9)36-23(4)21-24(5)37(51-36)31(13-2)39(47)48)38-25(6)22-26(7)42(52-38)18-15-32(44)43(54-42)20-19-40(11,53-43)33-16-17-41(49,14-3)29(10)50-33/h15,18,23-34,36-38,44-45,49H,12-14,16-17,19-22H2,1-11H3,(H,47,48)/t23-,24-,25-,26+,27-,28-,29+,30-,31+,32+,33-,34+,36+,37+,38-,40+,41-,42+,43+/m1/s1. The third kappa shape index (κ3) is 7.88. The number of Topliss-reactive ketones (excluding diaryl/α,β-unsaturated/α-hetero) is 1. The van der Waals surface area contributed by atoms with Gasteiger partial charge in [-0.1, -0.05) is 62.3 Å². The fourth-order valence-corrected chi connectivity index (χ4v) is 10.9. The van der Waals surface area contributed by atoms with Gasteiger partial charge in [0.1, 0.15) is 11.9 Å². The van der Waals surface area contributed by atoms with Gasteiger partial charge in [0.05, 0.1) is 53.7 Å². The fraction of sp³-hybridized carbons (Fsp3) is 0.907. The lowest BCUT2D eigenvalue weighted by atomic mass is 9.72. The van der Waals surface area contributed by atoms with Gasteiger partial charge in [0.2, 0.25) is 5.79 Å². The topological polar surface area (TPSA) is 161 Å². The number of ketones is 1. The summed E-state index contributed by atoms with van der Waals surface area (Å²) in [6.07, 6.45) is 4.75. The minimum absolute atomic E-state index is 0.0104. The number of hydrogen-bond acceptors (Lipinski definition) is 10. The highest BCUT2D eigenvalue weighted by molar-refractivity contribution is 5.84. The summed E-state index contributed by atoms with van der Waals surface area (Å²) in [5.41, 5.74) is -1.63. The quantitative estimate of drug-likeness (QED) is 0.162. The molecule has 0 amide bonds. The van der Waals surface area contributed by atoms with Gasteiger partial charge in [-0.05, 0) is 95.1 Å². The van der Waals surface area contributed by atoms with E-state index in [0.717, 1.165) is 6.42 Å². The molecule has 4 saturated heterocycles. The molecule has 0 aromatic rings. The van der Waals surface area contributed by atoms with Crippen LogP contribution < -0.4 is 0 Å².